The molecule has 1 unspecified atom stereocenters. The maximum absolute atomic E-state index is 13.5. The molecule has 34 heavy (non-hydrogen) atoms. The van der Waals surface area contributed by atoms with Crippen LogP contribution in [-0.4, -0.2) is 21.6 Å². The Morgan fingerprint density at radius 2 is 1.71 bits per heavy atom. The van der Waals surface area contributed by atoms with E-state index >= 15 is 0 Å². The van der Waals surface area contributed by atoms with Crippen LogP contribution in [0.5, 0.6) is 0 Å². The van der Waals surface area contributed by atoms with Gasteiger partial charge in [0.05, 0.1) is 17.3 Å². The highest BCUT2D eigenvalue weighted by Crippen LogP contribution is 2.37. The fourth-order valence-corrected chi connectivity index (χ4v) is 5.07. The number of H-pyrrole nitrogens is 1. The number of benzene rings is 3. The molecule has 0 bridgehead atoms. The molecule has 0 fully saturated rings. The number of amides is 1. The number of carbonyl (C=O) groups excluding carboxylic acids is 1. The Hall–Kier alpha value is -3.03. The first-order valence-corrected chi connectivity index (χ1v) is 12.6. The number of aromatic amines is 1. The molecule has 1 amide bonds. The van der Waals surface area contributed by atoms with Crippen LogP contribution in [0.3, 0.4) is 0 Å². The molecular formula is C27H21Br2N3O2. The number of halogens is 2. The normalized spacial score (nSPS) is 15.6. The molecule has 1 aliphatic heterocycles. The topological polar surface area (TPSA) is 65.5 Å². The summed E-state index contributed by atoms with van der Waals surface area (Å²) in [7, 11) is 0. The lowest BCUT2D eigenvalue weighted by Crippen LogP contribution is -2.26. The minimum Gasteiger partial charge on any atom is -0.321 e. The van der Waals surface area contributed by atoms with E-state index in [9.17, 15) is 9.59 Å². The van der Waals surface area contributed by atoms with E-state index in [2.05, 4.69) is 36.8 Å². The predicted molar refractivity (Wildman–Crippen MR) is 143 cm³/mol. The zero-order valence-electron chi connectivity index (χ0n) is 18.4. The van der Waals surface area contributed by atoms with Crippen molar-refractivity contribution in [2.75, 3.05) is 0 Å². The van der Waals surface area contributed by atoms with Gasteiger partial charge in [0.2, 0.25) is 5.91 Å². The first-order valence-electron chi connectivity index (χ1n) is 11.0. The summed E-state index contributed by atoms with van der Waals surface area (Å²) in [4.78, 5) is 29.4. The van der Waals surface area contributed by atoms with Crippen molar-refractivity contribution >= 4 is 54.4 Å². The number of aromatic nitrogens is 1. The van der Waals surface area contributed by atoms with Crippen molar-refractivity contribution in [1.82, 2.24) is 9.99 Å². The fraction of sp³-hybridized carbons (Fsp3) is 0.148. The van der Waals surface area contributed by atoms with Gasteiger partial charge < -0.3 is 4.98 Å². The van der Waals surface area contributed by atoms with Gasteiger partial charge in [-0.25, -0.2) is 5.01 Å². The molecule has 1 atom stereocenters. The third kappa shape index (κ3) is 4.14. The summed E-state index contributed by atoms with van der Waals surface area (Å²) in [5.74, 6) is -0.0795. The summed E-state index contributed by atoms with van der Waals surface area (Å²) in [6.07, 6.45) is 0.784. The van der Waals surface area contributed by atoms with Gasteiger partial charge in [-0.05, 0) is 41.5 Å². The van der Waals surface area contributed by atoms with Crippen LogP contribution < -0.4 is 5.56 Å². The van der Waals surface area contributed by atoms with Crippen LogP contribution in [0.1, 0.15) is 36.9 Å². The Labute approximate surface area is 213 Å². The second kappa shape index (κ2) is 9.31. The molecule has 4 aromatic rings. The number of hydrazone groups is 1. The number of hydrogen-bond acceptors (Lipinski definition) is 3. The largest absolute Gasteiger partial charge is 0.321 e. The van der Waals surface area contributed by atoms with Crippen molar-refractivity contribution in [3.05, 3.63) is 103 Å². The van der Waals surface area contributed by atoms with E-state index in [-0.39, 0.29) is 17.5 Å². The smallest absolute Gasteiger partial charge is 0.258 e. The summed E-state index contributed by atoms with van der Waals surface area (Å²) >= 11 is 7.05. The van der Waals surface area contributed by atoms with Crippen molar-refractivity contribution in [3.63, 3.8) is 0 Å². The third-order valence-electron chi connectivity index (χ3n) is 6.05. The van der Waals surface area contributed by atoms with Gasteiger partial charge in [0.25, 0.3) is 5.56 Å². The Kier molecular flexibility index (Phi) is 6.23. The Bertz CT molecular complexity index is 1480. The molecule has 1 aliphatic rings. The fourth-order valence-electron chi connectivity index (χ4n) is 4.44. The predicted octanol–water partition coefficient (Wildman–Crippen LogP) is 6.81. The summed E-state index contributed by atoms with van der Waals surface area (Å²) in [5, 5.41) is 7.20. The highest BCUT2D eigenvalue weighted by atomic mass is 79.9. The molecule has 0 saturated carbocycles. The molecule has 1 N–H and O–H groups in total. The zero-order valence-corrected chi connectivity index (χ0v) is 21.6. The lowest BCUT2D eigenvalue weighted by molar-refractivity contribution is -0.132. The molecule has 170 valence electrons. The number of rotatable bonds is 4. The number of hydrogen-bond donors (Lipinski definition) is 1. The molecule has 0 saturated heterocycles. The van der Waals surface area contributed by atoms with E-state index in [1.54, 1.807) is 0 Å². The van der Waals surface area contributed by atoms with Crippen LogP contribution >= 0.6 is 31.9 Å². The van der Waals surface area contributed by atoms with Crippen molar-refractivity contribution < 1.29 is 4.79 Å². The van der Waals surface area contributed by atoms with E-state index in [0.717, 1.165) is 36.5 Å². The van der Waals surface area contributed by atoms with Crippen molar-refractivity contribution in [2.24, 2.45) is 5.10 Å². The highest BCUT2D eigenvalue weighted by molar-refractivity contribution is 9.10. The van der Waals surface area contributed by atoms with Gasteiger partial charge in [0, 0.05) is 38.3 Å². The van der Waals surface area contributed by atoms with Gasteiger partial charge in [0.1, 0.15) is 0 Å². The van der Waals surface area contributed by atoms with Crippen molar-refractivity contribution in [3.8, 4) is 11.1 Å². The summed E-state index contributed by atoms with van der Waals surface area (Å²) < 4.78 is 1.88. The van der Waals surface area contributed by atoms with Crippen LogP contribution in [0.25, 0.3) is 22.0 Å². The van der Waals surface area contributed by atoms with Gasteiger partial charge in [-0.15, -0.1) is 0 Å². The molecule has 2 heterocycles. The average molecular weight is 579 g/mol. The Morgan fingerprint density at radius 1 is 1.00 bits per heavy atom. The Balaban J connectivity index is 1.74. The molecule has 0 radical (unpaired) electrons. The minimum absolute atomic E-state index is 0.0795. The number of nitrogens with one attached hydrogen (secondary N) is 1. The second-order valence-electron chi connectivity index (χ2n) is 8.17. The lowest BCUT2D eigenvalue weighted by atomic mass is 9.91. The first-order chi connectivity index (χ1) is 16.5. The molecule has 1 aromatic heterocycles. The number of pyridine rings is 1. The van der Waals surface area contributed by atoms with E-state index in [1.807, 2.05) is 79.7 Å². The molecule has 5 rings (SSSR count). The van der Waals surface area contributed by atoms with Crippen LogP contribution in [0.15, 0.2) is 91.6 Å². The van der Waals surface area contributed by atoms with Crippen LogP contribution in [-0.2, 0) is 4.79 Å². The van der Waals surface area contributed by atoms with Gasteiger partial charge in [-0.1, -0.05) is 81.2 Å². The summed E-state index contributed by atoms with van der Waals surface area (Å²) in [6.45, 7) is 1.82. The van der Waals surface area contributed by atoms with E-state index in [0.29, 0.717) is 24.1 Å². The molecular weight excluding hydrogens is 558 g/mol. The molecule has 3 aromatic carbocycles. The lowest BCUT2D eigenvalue weighted by Gasteiger charge is -2.21. The monoisotopic (exact) mass is 577 g/mol. The molecule has 7 heteroatoms. The maximum atomic E-state index is 13.5. The van der Waals surface area contributed by atoms with Crippen molar-refractivity contribution in [2.45, 2.75) is 25.8 Å². The van der Waals surface area contributed by atoms with Crippen molar-refractivity contribution in [1.29, 1.82) is 0 Å². The quantitative estimate of drug-likeness (QED) is 0.289. The SMILES string of the molecule is CCC(=O)N1N=C(c2c(-c3ccccc3)c3cc(Br)ccc3[nH]c2=O)CC1c1ccc(Br)cc1. The third-order valence-corrected chi connectivity index (χ3v) is 7.07. The first kappa shape index (κ1) is 22.7. The number of nitrogens with zero attached hydrogens (tertiary/aromatic N) is 2. The molecule has 0 aliphatic carbocycles. The summed E-state index contributed by atoms with van der Waals surface area (Å²) in [6, 6.07) is 23.3. The maximum Gasteiger partial charge on any atom is 0.258 e. The number of fused-ring (bicyclic) bond motifs is 1. The second-order valence-corrected chi connectivity index (χ2v) is 10.0. The highest BCUT2D eigenvalue weighted by Gasteiger charge is 2.34. The van der Waals surface area contributed by atoms with Gasteiger partial charge in [0.15, 0.2) is 0 Å². The standard InChI is InChI=1S/C27H21Br2N3O2/c1-2-24(33)32-23(16-8-10-18(28)11-9-16)15-22(31-32)26-25(17-6-4-3-5-7-17)20-14-19(29)12-13-21(20)30-27(26)34/h3-14,23H,2,15H2,1H3,(H,30,34). The van der Waals surface area contributed by atoms with Crippen LogP contribution in [0.4, 0.5) is 0 Å². The van der Waals surface area contributed by atoms with Gasteiger partial charge in [-0.3, -0.25) is 9.59 Å². The zero-order chi connectivity index (χ0) is 23.8. The van der Waals surface area contributed by atoms with E-state index in [4.69, 9.17) is 5.10 Å². The van der Waals surface area contributed by atoms with Gasteiger partial charge >= 0.3 is 0 Å². The van der Waals surface area contributed by atoms with Crippen LogP contribution in [0, 0.1) is 0 Å². The molecule has 5 nitrogen and oxygen atoms in total. The number of carbonyl (C=O) groups is 1. The average Bonchev–Trinajstić information content (AvgIpc) is 3.29. The van der Waals surface area contributed by atoms with E-state index < -0.39 is 0 Å². The van der Waals surface area contributed by atoms with E-state index in [1.165, 1.54) is 5.01 Å². The minimum atomic E-state index is -0.267. The van der Waals surface area contributed by atoms with Crippen LogP contribution in [0.2, 0.25) is 0 Å². The van der Waals surface area contributed by atoms with Gasteiger partial charge in [-0.2, -0.15) is 5.10 Å². The Morgan fingerprint density at radius 3 is 2.41 bits per heavy atom. The molecule has 0 spiro atoms. The summed E-state index contributed by atoms with van der Waals surface area (Å²) in [5.41, 5.74) is 4.37.